The first kappa shape index (κ1) is 17.0. The minimum Gasteiger partial charge on any atom is -0.297 e. The zero-order chi connectivity index (χ0) is 18.1. The number of nitrogens with zero attached hydrogens (tertiary/aromatic N) is 2. The number of amides is 1. The van der Waals surface area contributed by atoms with Crippen LogP contribution in [-0.4, -0.2) is 15.9 Å². The van der Waals surface area contributed by atoms with Crippen LogP contribution in [0.3, 0.4) is 0 Å². The minimum atomic E-state index is -0.301. The first-order valence-corrected chi connectivity index (χ1v) is 10.2. The first-order chi connectivity index (χ1) is 12.6. The molecule has 8 heteroatoms. The molecule has 0 saturated heterocycles. The van der Waals surface area contributed by atoms with Crippen molar-refractivity contribution in [2.75, 3.05) is 5.32 Å². The fourth-order valence-electron chi connectivity index (χ4n) is 2.35. The smallest absolute Gasteiger partial charge is 0.269 e. The highest BCUT2D eigenvalue weighted by Gasteiger charge is 2.18. The summed E-state index contributed by atoms with van der Waals surface area (Å²) in [4.78, 5) is 23.1. The second-order valence-electron chi connectivity index (χ2n) is 5.41. The van der Waals surface area contributed by atoms with Crippen molar-refractivity contribution < 1.29 is 9.18 Å². The van der Waals surface area contributed by atoms with E-state index in [1.54, 1.807) is 30.4 Å². The third-order valence-electron chi connectivity index (χ3n) is 3.59. The number of nitrogens with one attached hydrogen (secondary N) is 1. The summed E-state index contributed by atoms with van der Waals surface area (Å²) >= 11 is 4.28. The van der Waals surface area contributed by atoms with Gasteiger partial charge >= 0.3 is 0 Å². The second kappa shape index (κ2) is 7.06. The van der Waals surface area contributed by atoms with E-state index in [1.807, 2.05) is 22.9 Å². The number of halogens is 1. The fourth-order valence-corrected chi connectivity index (χ4v) is 4.78. The Hall–Kier alpha value is -2.42. The Kier molecular flexibility index (Phi) is 4.62. The van der Waals surface area contributed by atoms with Gasteiger partial charge in [-0.1, -0.05) is 6.07 Å². The molecule has 0 bridgehead atoms. The standard InChI is InChI=1S/C18H12FN3OS3/c1-10-15(26-17(20-10)11-4-6-12(19)7-5-11)16(23)22-18-21-13(9-25-18)14-3-2-8-24-14/h2-9H,1H3,(H,21,22,23). The number of carbonyl (C=O) groups is 1. The average molecular weight is 402 g/mol. The van der Waals surface area contributed by atoms with Crippen LogP contribution in [0.1, 0.15) is 15.4 Å². The number of hydrogen-bond acceptors (Lipinski definition) is 6. The molecular weight excluding hydrogens is 389 g/mol. The molecule has 0 radical (unpaired) electrons. The van der Waals surface area contributed by atoms with Gasteiger partial charge < -0.3 is 0 Å². The van der Waals surface area contributed by atoms with Crippen LogP contribution in [-0.2, 0) is 0 Å². The molecule has 0 atom stereocenters. The first-order valence-electron chi connectivity index (χ1n) is 7.64. The summed E-state index contributed by atoms with van der Waals surface area (Å²) in [5.41, 5.74) is 2.28. The number of hydrogen-bond donors (Lipinski definition) is 1. The largest absolute Gasteiger partial charge is 0.297 e. The van der Waals surface area contributed by atoms with Crippen LogP contribution in [0.4, 0.5) is 9.52 Å². The highest BCUT2D eigenvalue weighted by molar-refractivity contribution is 7.18. The van der Waals surface area contributed by atoms with Crippen molar-refractivity contribution in [1.29, 1.82) is 0 Å². The molecule has 4 nitrogen and oxygen atoms in total. The summed E-state index contributed by atoms with van der Waals surface area (Å²) in [7, 11) is 0. The van der Waals surface area contributed by atoms with Gasteiger partial charge in [-0.05, 0) is 42.6 Å². The summed E-state index contributed by atoms with van der Waals surface area (Å²) in [5.74, 6) is -0.536. The van der Waals surface area contributed by atoms with Gasteiger partial charge in [0, 0.05) is 10.9 Å². The van der Waals surface area contributed by atoms with Gasteiger partial charge in [0.1, 0.15) is 15.7 Å². The van der Waals surface area contributed by atoms with Crippen LogP contribution < -0.4 is 5.32 Å². The molecular formula is C18H12FN3OS3. The number of aromatic nitrogens is 2. The van der Waals surface area contributed by atoms with Crippen molar-refractivity contribution in [2.24, 2.45) is 0 Å². The third-order valence-corrected chi connectivity index (χ3v) is 6.45. The van der Waals surface area contributed by atoms with Crippen molar-refractivity contribution >= 4 is 45.0 Å². The number of aryl methyl sites for hydroxylation is 1. The van der Waals surface area contributed by atoms with Gasteiger partial charge in [-0.25, -0.2) is 14.4 Å². The predicted octanol–water partition coefficient (Wildman–Crippen LogP) is 5.69. The van der Waals surface area contributed by atoms with Crippen LogP contribution >= 0.6 is 34.0 Å². The molecule has 0 aliphatic carbocycles. The van der Waals surface area contributed by atoms with Crippen molar-refractivity contribution in [3.8, 4) is 21.1 Å². The van der Waals surface area contributed by atoms with Gasteiger partial charge in [0.2, 0.25) is 0 Å². The number of benzene rings is 1. The van der Waals surface area contributed by atoms with E-state index in [9.17, 15) is 9.18 Å². The summed E-state index contributed by atoms with van der Waals surface area (Å²) in [6.07, 6.45) is 0. The third kappa shape index (κ3) is 3.44. The highest BCUT2D eigenvalue weighted by Crippen LogP contribution is 2.31. The van der Waals surface area contributed by atoms with Crippen molar-refractivity contribution in [1.82, 2.24) is 9.97 Å². The van der Waals surface area contributed by atoms with Gasteiger partial charge in [0.15, 0.2) is 5.13 Å². The topological polar surface area (TPSA) is 54.9 Å². The number of carbonyl (C=O) groups excluding carboxylic acids is 1. The maximum absolute atomic E-state index is 13.1. The Morgan fingerprint density at radius 3 is 2.65 bits per heavy atom. The fraction of sp³-hybridized carbons (Fsp3) is 0.0556. The molecule has 3 aromatic heterocycles. The lowest BCUT2D eigenvalue weighted by molar-refractivity contribution is 0.103. The highest BCUT2D eigenvalue weighted by atomic mass is 32.1. The number of anilines is 1. The van der Waals surface area contributed by atoms with Crippen molar-refractivity contribution in [3.63, 3.8) is 0 Å². The lowest BCUT2D eigenvalue weighted by Crippen LogP contribution is -2.11. The molecule has 0 saturated carbocycles. The molecule has 0 aliphatic rings. The Morgan fingerprint density at radius 2 is 1.92 bits per heavy atom. The van der Waals surface area contributed by atoms with Gasteiger partial charge in [0.05, 0.1) is 16.3 Å². The van der Waals surface area contributed by atoms with Crippen LogP contribution in [0.15, 0.2) is 47.2 Å². The van der Waals surface area contributed by atoms with E-state index >= 15 is 0 Å². The number of rotatable bonds is 4. The predicted molar refractivity (Wildman–Crippen MR) is 106 cm³/mol. The van der Waals surface area contributed by atoms with Gasteiger partial charge in [-0.2, -0.15) is 0 Å². The van der Waals surface area contributed by atoms with E-state index < -0.39 is 0 Å². The summed E-state index contributed by atoms with van der Waals surface area (Å²) in [6, 6.07) is 10.0. The number of thiophene rings is 1. The van der Waals surface area contributed by atoms with E-state index in [-0.39, 0.29) is 11.7 Å². The Morgan fingerprint density at radius 1 is 1.12 bits per heavy atom. The molecule has 130 valence electrons. The van der Waals surface area contributed by atoms with Crippen molar-refractivity contribution in [2.45, 2.75) is 6.92 Å². The summed E-state index contributed by atoms with van der Waals surface area (Å²) in [5, 5.41) is 7.99. The molecule has 0 fully saturated rings. The second-order valence-corrected chi connectivity index (χ2v) is 8.21. The lowest BCUT2D eigenvalue weighted by atomic mass is 10.2. The molecule has 0 aliphatic heterocycles. The molecule has 0 unspecified atom stereocenters. The van der Waals surface area contributed by atoms with E-state index in [0.29, 0.717) is 20.7 Å². The van der Waals surface area contributed by atoms with Gasteiger partial charge in [-0.15, -0.1) is 34.0 Å². The van der Waals surface area contributed by atoms with Gasteiger partial charge in [-0.3, -0.25) is 10.1 Å². The van der Waals surface area contributed by atoms with E-state index in [1.165, 1.54) is 34.8 Å². The van der Waals surface area contributed by atoms with E-state index in [4.69, 9.17) is 0 Å². The molecule has 4 rings (SSSR count). The summed E-state index contributed by atoms with van der Waals surface area (Å²) in [6.45, 7) is 1.79. The molecule has 1 amide bonds. The SMILES string of the molecule is Cc1nc(-c2ccc(F)cc2)sc1C(=O)Nc1nc(-c2cccs2)cs1. The van der Waals surface area contributed by atoms with E-state index in [0.717, 1.165) is 16.1 Å². The molecule has 0 spiro atoms. The van der Waals surface area contributed by atoms with Crippen molar-refractivity contribution in [3.05, 3.63) is 63.5 Å². The van der Waals surface area contributed by atoms with Crippen LogP contribution in [0.25, 0.3) is 21.1 Å². The van der Waals surface area contributed by atoms with Gasteiger partial charge in [0.25, 0.3) is 5.91 Å². The van der Waals surface area contributed by atoms with E-state index in [2.05, 4.69) is 15.3 Å². The normalized spacial score (nSPS) is 10.8. The molecule has 3 heterocycles. The maximum Gasteiger partial charge on any atom is 0.269 e. The Labute approximate surface area is 161 Å². The van der Waals surface area contributed by atoms with Crippen LogP contribution in [0, 0.1) is 12.7 Å². The van der Waals surface area contributed by atoms with Crippen LogP contribution in [0.5, 0.6) is 0 Å². The minimum absolute atomic E-state index is 0.236. The monoisotopic (exact) mass is 401 g/mol. The molecule has 26 heavy (non-hydrogen) atoms. The molecule has 1 N–H and O–H groups in total. The quantitative estimate of drug-likeness (QED) is 0.478. The molecule has 4 aromatic rings. The Balaban J connectivity index is 1.54. The zero-order valence-corrected chi connectivity index (χ0v) is 16.0. The average Bonchev–Trinajstić information content (AvgIpc) is 3.35. The van der Waals surface area contributed by atoms with Crippen LogP contribution in [0.2, 0.25) is 0 Å². The number of thiazole rings is 2. The zero-order valence-electron chi connectivity index (χ0n) is 13.5. The lowest BCUT2D eigenvalue weighted by Gasteiger charge is -1.99. The maximum atomic E-state index is 13.1. The summed E-state index contributed by atoms with van der Waals surface area (Å²) < 4.78 is 13.1. The Bertz CT molecular complexity index is 1050. The molecule has 1 aromatic carbocycles.